The third-order valence-corrected chi connectivity index (χ3v) is 4.11. The van der Waals surface area contributed by atoms with Crippen LogP contribution in [-0.2, 0) is 4.79 Å². The van der Waals surface area contributed by atoms with E-state index in [2.05, 4.69) is 22.6 Å². The van der Waals surface area contributed by atoms with Crippen molar-refractivity contribution in [3.63, 3.8) is 0 Å². The van der Waals surface area contributed by atoms with Gasteiger partial charge in [0.25, 0.3) is 0 Å². The first kappa shape index (κ1) is 12.7. The predicted octanol–water partition coefficient (Wildman–Crippen LogP) is 2.57. The van der Waals surface area contributed by atoms with Crippen LogP contribution in [0.3, 0.4) is 0 Å². The molecule has 4 nitrogen and oxygen atoms in total. The van der Waals surface area contributed by atoms with Crippen LogP contribution in [0.2, 0.25) is 5.02 Å². The fraction of sp³-hybridized carbons (Fsp3) is 0.308. The van der Waals surface area contributed by atoms with E-state index in [1.807, 2.05) is 12.1 Å². The number of nitrogens with zero attached hydrogens (tertiary/aromatic N) is 3. The summed E-state index contributed by atoms with van der Waals surface area (Å²) in [6.45, 7) is 0.633. The number of thiol groups is 1. The van der Waals surface area contributed by atoms with Crippen molar-refractivity contribution in [2.75, 3.05) is 17.2 Å². The van der Waals surface area contributed by atoms with Gasteiger partial charge in [0.05, 0.1) is 10.5 Å². The molecule has 6 heteroatoms. The van der Waals surface area contributed by atoms with Crippen LogP contribution >= 0.6 is 24.2 Å². The van der Waals surface area contributed by atoms with Crippen molar-refractivity contribution in [1.29, 1.82) is 0 Å². The Kier molecular flexibility index (Phi) is 3.33. The van der Waals surface area contributed by atoms with E-state index in [9.17, 15) is 4.79 Å². The van der Waals surface area contributed by atoms with Crippen molar-refractivity contribution in [3.05, 3.63) is 29.4 Å². The van der Waals surface area contributed by atoms with Gasteiger partial charge < -0.3 is 0 Å². The number of anilines is 1. The summed E-state index contributed by atoms with van der Waals surface area (Å²) in [5.41, 5.74) is 0.750. The number of carbonyl (C=O) groups excluding carboxylic acids is 1. The van der Waals surface area contributed by atoms with Gasteiger partial charge in [-0.1, -0.05) is 17.7 Å². The highest BCUT2D eigenvalue weighted by Gasteiger charge is 2.31. The second-order valence-corrected chi connectivity index (χ2v) is 5.37. The van der Waals surface area contributed by atoms with Crippen molar-refractivity contribution in [2.24, 2.45) is 5.92 Å². The van der Waals surface area contributed by atoms with E-state index in [-0.39, 0.29) is 11.8 Å². The Hall–Kier alpha value is -1.33. The molecule has 1 aromatic heterocycles. The van der Waals surface area contributed by atoms with E-state index >= 15 is 0 Å². The van der Waals surface area contributed by atoms with Crippen LogP contribution in [0.15, 0.2) is 24.4 Å². The quantitative estimate of drug-likeness (QED) is 0.866. The average Bonchev–Trinajstić information content (AvgIpc) is 2.80. The highest BCUT2D eigenvalue weighted by molar-refractivity contribution is 7.80. The fourth-order valence-corrected chi connectivity index (χ4v) is 2.70. The Balaban J connectivity index is 2.00. The zero-order valence-electron chi connectivity index (χ0n) is 10.1. The number of halogens is 1. The third-order valence-electron chi connectivity index (χ3n) is 3.26. The molecule has 1 fully saturated rings. The smallest absolute Gasteiger partial charge is 0.232 e. The minimum atomic E-state index is 0.0560. The average molecular weight is 294 g/mol. The van der Waals surface area contributed by atoms with Gasteiger partial charge in [0.1, 0.15) is 0 Å². The van der Waals surface area contributed by atoms with Crippen LogP contribution in [0.5, 0.6) is 0 Å². The summed E-state index contributed by atoms with van der Waals surface area (Å²) in [5, 5.41) is 1.41. The van der Waals surface area contributed by atoms with Gasteiger partial charge in [-0.3, -0.25) is 9.69 Å². The lowest BCUT2D eigenvalue weighted by atomic mass is 10.1. The maximum Gasteiger partial charge on any atom is 0.232 e. The van der Waals surface area contributed by atoms with Gasteiger partial charge in [0.15, 0.2) is 0 Å². The normalized spacial score (nSPS) is 19.4. The number of aromatic nitrogens is 2. The predicted molar refractivity (Wildman–Crippen MR) is 78.9 cm³/mol. The molecule has 1 unspecified atom stereocenters. The molecule has 1 atom stereocenters. The highest BCUT2D eigenvalue weighted by Crippen LogP contribution is 2.26. The summed E-state index contributed by atoms with van der Waals surface area (Å²) in [7, 11) is 0. The Labute approximate surface area is 121 Å². The van der Waals surface area contributed by atoms with Crippen molar-refractivity contribution in [3.8, 4) is 0 Å². The van der Waals surface area contributed by atoms with Crippen LogP contribution in [0.4, 0.5) is 5.95 Å². The largest absolute Gasteiger partial charge is 0.280 e. The molecule has 98 valence electrons. The van der Waals surface area contributed by atoms with Crippen molar-refractivity contribution < 1.29 is 4.79 Å². The molecule has 19 heavy (non-hydrogen) atoms. The first-order chi connectivity index (χ1) is 9.19. The molecular weight excluding hydrogens is 282 g/mol. The minimum absolute atomic E-state index is 0.0560. The molecule has 3 rings (SSSR count). The van der Waals surface area contributed by atoms with Crippen molar-refractivity contribution in [2.45, 2.75) is 6.42 Å². The third kappa shape index (κ3) is 2.28. The molecule has 0 spiro atoms. The molecule has 1 aliphatic heterocycles. The SMILES string of the molecule is O=C1CC(CS)CN1c1ncc2c(Cl)cccc2n1. The van der Waals surface area contributed by atoms with Gasteiger partial charge in [-0.2, -0.15) is 12.6 Å². The van der Waals surface area contributed by atoms with Gasteiger partial charge in [0, 0.05) is 24.5 Å². The van der Waals surface area contributed by atoms with Crippen molar-refractivity contribution >= 4 is 47.0 Å². The zero-order chi connectivity index (χ0) is 13.4. The molecule has 1 amide bonds. The van der Waals surface area contributed by atoms with Crippen LogP contribution in [-0.4, -0.2) is 28.2 Å². The van der Waals surface area contributed by atoms with Crippen LogP contribution in [0, 0.1) is 5.92 Å². The van der Waals surface area contributed by atoms with Gasteiger partial charge in [-0.05, 0) is 23.8 Å². The number of amides is 1. The highest BCUT2D eigenvalue weighted by atomic mass is 35.5. The van der Waals surface area contributed by atoms with Gasteiger partial charge in [-0.25, -0.2) is 9.97 Å². The van der Waals surface area contributed by atoms with E-state index in [4.69, 9.17) is 11.6 Å². The second-order valence-electron chi connectivity index (χ2n) is 4.60. The Morgan fingerprint density at radius 2 is 2.32 bits per heavy atom. The summed E-state index contributed by atoms with van der Waals surface area (Å²) in [6.07, 6.45) is 2.18. The molecule has 1 saturated heterocycles. The molecule has 0 saturated carbocycles. The van der Waals surface area contributed by atoms with Crippen LogP contribution in [0.1, 0.15) is 6.42 Å². The number of benzene rings is 1. The lowest BCUT2D eigenvalue weighted by molar-refractivity contribution is -0.117. The van der Waals surface area contributed by atoms with Gasteiger partial charge in [-0.15, -0.1) is 0 Å². The van der Waals surface area contributed by atoms with Crippen molar-refractivity contribution in [1.82, 2.24) is 9.97 Å². The zero-order valence-corrected chi connectivity index (χ0v) is 11.7. The molecule has 0 bridgehead atoms. The molecule has 2 aromatic rings. The molecule has 1 aromatic carbocycles. The fourth-order valence-electron chi connectivity index (χ4n) is 2.24. The monoisotopic (exact) mass is 293 g/mol. The van der Waals surface area contributed by atoms with Crippen LogP contribution < -0.4 is 4.90 Å². The van der Waals surface area contributed by atoms with E-state index in [1.54, 1.807) is 17.2 Å². The van der Waals surface area contributed by atoms with Gasteiger partial charge >= 0.3 is 0 Å². The van der Waals surface area contributed by atoms with E-state index in [1.165, 1.54) is 0 Å². The van der Waals surface area contributed by atoms with Gasteiger partial charge in [0.2, 0.25) is 11.9 Å². The Bertz CT molecular complexity index is 649. The summed E-state index contributed by atoms with van der Waals surface area (Å²) in [5.74, 6) is 1.47. The minimum Gasteiger partial charge on any atom is -0.280 e. The molecule has 1 aliphatic rings. The Morgan fingerprint density at radius 1 is 1.47 bits per heavy atom. The number of fused-ring (bicyclic) bond motifs is 1. The van der Waals surface area contributed by atoms with E-state index < -0.39 is 0 Å². The number of carbonyl (C=O) groups is 1. The maximum absolute atomic E-state index is 11.9. The lowest BCUT2D eigenvalue weighted by Crippen LogP contribution is -2.26. The number of hydrogen-bond acceptors (Lipinski definition) is 4. The lowest BCUT2D eigenvalue weighted by Gasteiger charge is -2.14. The summed E-state index contributed by atoms with van der Waals surface area (Å²) in [4.78, 5) is 22.2. The molecule has 0 N–H and O–H groups in total. The van der Waals surface area contributed by atoms with Crippen LogP contribution in [0.25, 0.3) is 10.9 Å². The Morgan fingerprint density at radius 3 is 3.05 bits per heavy atom. The standard InChI is InChI=1S/C13H12ClN3OS/c14-10-2-1-3-11-9(10)5-15-13(16-11)17-6-8(7-19)4-12(17)18/h1-3,5,8,19H,4,6-7H2. The molecule has 0 radical (unpaired) electrons. The first-order valence-corrected chi connectivity index (χ1v) is 7.02. The van der Waals surface area contributed by atoms with E-state index in [0.29, 0.717) is 29.7 Å². The first-order valence-electron chi connectivity index (χ1n) is 6.01. The van der Waals surface area contributed by atoms with E-state index in [0.717, 1.165) is 10.9 Å². The maximum atomic E-state index is 11.9. The topological polar surface area (TPSA) is 46.1 Å². The summed E-state index contributed by atoms with van der Waals surface area (Å²) < 4.78 is 0. The molecule has 0 aliphatic carbocycles. The summed E-state index contributed by atoms with van der Waals surface area (Å²) in [6, 6.07) is 5.50. The molecule has 2 heterocycles. The summed E-state index contributed by atoms with van der Waals surface area (Å²) >= 11 is 10.3. The molecular formula is C13H12ClN3OS. The number of hydrogen-bond donors (Lipinski definition) is 1. The number of rotatable bonds is 2. The second kappa shape index (κ2) is 4.98.